The van der Waals surface area contributed by atoms with Gasteiger partial charge < -0.3 is 5.73 Å². The van der Waals surface area contributed by atoms with Crippen LogP contribution in [0.3, 0.4) is 0 Å². The van der Waals surface area contributed by atoms with Crippen LogP contribution in [0.2, 0.25) is 0 Å². The molecule has 3 heteroatoms. The molecule has 0 fully saturated rings. The molecule has 1 unspecified atom stereocenters. The molecule has 0 radical (unpaired) electrons. The first kappa shape index (κ1) is 10.6. The molecular weight excluding hydrogens is 299 g/mol. The summed E-state index contributed by atoms with van der Waals surface area (Å²) in [7, 11) is 0. The second-order valence-corrected chi connectivity index (χ2v) is 4.56. The lowest BCUT2D eigenvalue weighted by molar-refractivity contribution is 0.862. The van der Waals surface area contributed by atoms with Crippen LogP contribution in [-0.2, 0) is 0 Å². The van der Waals surface area contributed by atoms with Gasteiger partial charge in [0.05, 0.1) is 6.04 Å². The second kappa shape index (κ2) is 4.72. The quantitative estimate of drug-likeness (QED) is 0.866. The summed E-state index contributed by atoms with van der Waals surface area (Å²) in [6.07, 6.45) is 3.56. The molecule has 15 heavy (non-hydrogen) atoms. The SMILES string of the molecule is NC(c1cccnc1)c1cccc(I)c1. The molecular formula is C12H11IN2. The lowest BCUT2D eigenvalue weighted by Gasteiger charge is -2.11. The van der Waals surface area contributed by atoms with E-state index in [0.29, 0.717) is 0 Å². The zero-order chi connectivity index (χ0) is 10.7. The van der Waals surface area contributed by atoms with E-state index in [2.05, 4.69) is 39.7 Å². The first-order chi connectivity index (χ1) is 7.27. The maximum absolute atomic E-state index is 6.14. The van der Waals surface area contributed by atoms with Gasteiger partial charge >= 0.3 is 0 Å². The normalized spacial score (nSPS) is 12.4. The van der Waals surface area contributed by atoms with Crippen LogP contribution in [0.15, 0.2) is 48.8 Å². The van der Waals surface area contributed by atoms with Gasteiger partial charge in [-0.05, 0) is 51.9 Å². The number of rotatable bonds is 2. The van der Waals surface area contributed by atoms with Crippen LogP contribution < -0.4 is 5.73 Å². The van der Waals surface area contributed by atoms with Crippen molar-refractivity contribution in [2.45, 2.75) is 6.04 Å². The maximum Gasteiger partial charge on any atom is 0.0567 e. The van der Waals surface area contributed by atoms with Gasteiger partial charge in [-0.2, -0.15) is 0 Å². The molecule has 2 rings (SSSR count). The zero-order valence-corrected chi connectivity index (χ0v) is 10.3. The van der Waals surface area contributed by atoms with Gasteiger partial charge in [0, 0.05) is 16.0 Å². The van der Waals surface area contributed by atoms with E-state index < -0.39 is 0 Å². The van der Waals surface area contributed by atoms with Crippen molar-refractivity contribution in [2.75, 3.05) is 0 Å². The average Bonchev–Trinajstić information content (AvgIpc) is 2.29. The lowest BCUT2D eigenvalue weighted by atomic mass is 10.0. The molecule has 0 aliphatic carbocycles. The summed E-state index contributed by atoms with van der Waals surface area (Å²) in [5, 5.41) is 0. The van der Waals surface area contributed by atoms with Crippen molar-refractivity contribution in [1.29, 1.82) is 0 Å². The molecule has 1 aromatic carbocycles. The van der Waals surface area contributed by atoms with E-state index in [1.165, 1.54) is 3.57 Å². The molecule has 0 aliphatic heterocycles. The Labute approximate surface area is 103 Å². The summed E-state index contributed by atoms with van der Waals surface area (Å²) in [6, 6.07) is 12.0. The minimum absolute atomic E-state index is 0.0894. The summed E-state index contributed by atoms with van der Waals surface area (Å²) >= 11 is 2.29. The minimum Gasteiger partial charge on any atom is -0.320 e. The Morgan fingerprint density at radius 2 is 1.93 bits per heavy atom. The molecule has 0 saturated carbocycles. The van der Waals surface area contributed by atoms with Crippen LogP contribution in [0.5, 0.6) is 0 Å². The van der Waals surface area contributed by atoms with Gasteiger partial charge in [0.25, 0.3) is 0 Å². The van der Waals surface area contributed by atoms with E-state index in [-0.39, 0.29) is 6.04 Å². The molecule has 2 N–H and O–H groups in total. The standard InChI is InChI=1S/C12H11IN2/c13-11-5-1-3-9(7-11)12(14)10-4-2-6-15-8-10/h1-8,12H,14H2. The number of aromatic nitrogens is 1. The van der Waals surface area contributed by atoms with Crippen LogP contribution in [-0.4, -0.2) is 4.98 Å². The number of nitrogens with two attached hydrogens (primary N) is 1. The van der Waals surface area contributed by atoms with E-state index in [4.69, 9.17) is 5.73 Å². The van der Waals surface area contributed by atoms with Crippen molar-refractivity contribution in [1.82, 2.24) is 4.98 Å². The molecule has 0 spiro atoms. The molecule has 0 aliphatic rings. The summed E-state index contributed by atoms with van der Waals surface area (Å²) < 4.78 is 1.20. The van der Waals surface area contributed by atoms with Gasteiger partial charge in [0.15, 0.2) is 0 Å². The van der Waals surface area contributed by atoms with Crippen molar-refractivity contribution in [3.8, 4) is 0 Å². The fraction of sp³-hybridized carbons (Fsp3) is 0.0833. The summed E-state index contributed by atoms with van der Waals surface area (Å²) in [5.74, 6) is 0. The predicted octanol–water partition coefficient (Wildman–Crippen LogP) is 2.73. The number of hydrogen-bond acceptors (Lipinski definition) is 2. The molecule has 1 heterocycles. The van der Waals surface area contributed by atoms with Gasteiger partial charge in [-0.25, -0.2) is 0 Å². The summed E-state index contributed by atoms with van der Waals surface area (Å²) in [4.78, 5) is 4.07. The van der Waals surface area contributed by atoms with Gasteiger partial charge in [0.2, 0.25) is 0 Å². The van der Waals surface area contributed by atoms with Crippen LogP contribution >= 0.6 is 22.6 Å². The van der Waals surface area contributed by atoms with Gasteiger partial charge in [-0.15, -0.1) is 0 Å². The van der Waals surface area contributed by atoms with Crippen LogP contribution in [0.4, 0.5) is 0 Å². The number of hydrogen-bond donors (Lipinski definition) is 1. The average molecular weight is 310 g/mol. The Morgan fingerprint density at radius 1 is 1.13 bits per heavy atom. The van der Waals surface area contributed by atoms with E-state index in [1.807, 2.05) is 30.5 Å². The smallest absolute Gasteiger partial charge is 0.0567 e. The number of pyridine rings is 1. The third-order valence-corrected chi connectivity index (χ3v) is 2.92. The highest BCUT2D eigenvalue weighted by atomic mass is 127. The second-order valence-electron chi connectivity index (χ2n) is 3.32. The van der Waals surface area contributed by atoms with Crippen molar-refractivity contribution in [2.24, 2.45) is 5.73 Å². The molecule has 0 bridgehead atoms. The molecule has 0 amide bonds. The van der Waals surface area contributed by atoms with Gasteiger partial charge in [-0.1, -0.05) is 18.2 Å². The molecule has 1 atom stereocenters. The molecule has 1 aromatic heterocycles. The largest absolute Gasteiger partial charge is 0.320 e. The maximum atomic E-state index is 6.14. The number of benzene rings is 1. The Hall–Kier alpha value is -0.940. The van der Waals surface area contributed by atoms with E-state index in [9.17, 15) is 0 Å². The Balaban J connectivity index is 2.32. The molecule has 76 valence electrons. The first-order valence-electron chi connectivity index (χ1n) is 4.68. The minimum atomic E-state index is -0.0894. The fourth-order valence-electron chi connectivity index (χ4n) is 1.45. The van der Waals surface area contributed by atoms with E-state index in [0.717, 1.165) is 11.1 Å². The summed E-state index contributed by atoms with van der Waals surface area (Å²) in [5.41, 5.74) is 8.30. The third-order valence-electron chi connectivity index (χ3n) is 2.25. The van der Waals surface area contributed by atoms with Crippen molar-refractivity contribution in [3.05, 3.63) is 63.5 Å². The van der Waals surface area contributed by atoms with Crippen LogP contribution in [0.1, 0.15) is 17.2 Å². The predicted molar refractivity (Wildman–Crippen MR) is 69.4 cm³/mol. The summed E-state index contributed by atoms with van der Waals surface area (Å²) in [6.45, 7) is 0. The lowest BCUT2D eigenvalue weighted by Crippen LogP contribution is -2.11. The molecule has 0 saturated heterocycles. The monoisotopic (exact) mass is 310 g/mol. The Morgan fingerprint density at radius 3 is 2.60 bits per heavy atom. The highest BCUT2D eigenvalue weighted by molar-refractivity contribution is 14.1. The van der Waals surface area contributed by atoms with E-state index >= 15 is 0 Å². The zero-order valence-electron chi connectivity index (χ0n) is 8.10. The van der Waals surface area contributed by atoms with Gasteiger partial charge in [0.1, 0.15) is 0 Å². The first-order valence-corrected chi connectivity index (χ1v) is 5.76. The fourth-order valence-corrected chi connectivity index (χ4v) is 2.02. The van der Waals surface area contributed by atoms with Crippen LogP contribution in [0.25, 0.3) is 0 Å². The van der Waals surface area contributed by atoms with Crippen molar-refractivity contribution >= 4 is 22.6 Å². The topological polar surface area (TPSA) is 38.9 Å². The Kier molecular flexibility index (Phi) is 3.33. The highest BCUT2D eigenvalue weighted by Crippen LogP contribution is 2.19. The van der Waals surface area contributed by atoms with Gasteiger partial charge in [-0.3, -0.25) is 4.98 Å². The highest BCUT2D eigenvalue weighted by Gasteiger charge is 2.08. The van der Waals surface area contributed by atoms with Crippen molar-refractivity contribution < 1.29 is 0 Å². The third kappa shape index (κ3) is 2.54. The number of nitrogens with zero attached hydrogens (tertiary/aromatic N) is 1. The van der Waals surface area contributed by atoms with E-state index in [1.54, 1.807) is 6.20 Å². The molecule has 2 nitrogen and oxygen atoms in total. The Bertz CT molecular complexity index is 442. The van der Waals surface area contributed by atoms with Crippen LogP contribution in [0, 0.1) is 3.57 Å². The number of halogens is 1. The molecule has 2 aromatic rings. The van der Waals surface area contributed by atoms with Crippen molar-refractivity contribution in [3.63, 3.8) is 0 Å².